The Morgan fingerprint density at radius 3 is 2.06 bits per heavy atom. The van der Waals surface area contributed by atoms with Crippen LogP contribution in [0, 0.1) is 17.5 Å². The molecular weight excluding hydrogens is 244 g/mol. The molecule has 18 heavy (non-hydrogen) atoms. The van der Waals surface area contributed by atoms with E-state index in [2.05, 4.69) is 0 Å². The van der Waals surface area contributed by atoms with E-state index in [0.29, 0.717) is 5.56 Å². The van der Waals surface area contributed by atoms with Gasteiger partial charge in [0.1, 0.15) is 0 Å². The van der Waals surface area contributed by atoms with Gasteiger partial charge in [0.2, 0.25) is 0 Å². The highest BCUT2D eigenvalue weighted by Gasteiger charge is 2.27. The third-order valence-electron chi connectivity index (χ3n) is 2.54. The van der Waals surface area contributed by atoms with Gasteiger partial charge in [-0.15, -0.1) is 0 Å². The van der Waals surface area contributed by atoms with E-state index in [9.17, 15) is 13.2 Å². The average molecular weight is 252 g/mol. The lowest BCUT2D eigenvalue weighted by Crippen LogP contribution is -2.35. The van der Waals surface area contributed by atoms with Crippen LogP contribution < -0.4 is 5.46 Å². The Morgan fingerprint density at radius 2 is 1.50 bits per heavy atom. The number of benzene rings is 2. The third kappa shape index (κ3) is 2.12. The maximum Gasteiger partial charge on any atom is 0.492 e. The molecular formula is C12H8BF3O2. The molecule has 0 saturated heterocycles. The Labute approximate surface area is 101 Å². The molecule has 2 aromatic rings. The van der Waals surface area contributed by atoms with Gasteiger partial charge < -0.3 is 10.0 Å². The van der Waals surface area contributed by atoms with Crippen LogP contribution in [0.4, 0.5) is 13.2 Å². The molecule has 0 unspecified atom stereocenters. The van der Waals surface area contributed by atoms with E-state index < -0.39 is 30.0 Å². The van der Waals surface area contributed by atoms with Crippen LogP contribution in [-0.2, 0) is 0 Å². The van der Waals surface area contributed by atoms with Crippen LogP contribution in [0.5, 0.6) is 0 Å². The van der Waals surface area contributed by atoms with Gasteiger partial charge in [-0.3, -0.25) is 0 Å². The van der Waals surface area contributed by atoms with E-state index in [4.69, 9.17) is 10.0 Å². The van der Waals surface area contributed by atoms with Crippen LogP contribution in [0.2, 0.25) is 0 Å². The molecule has 0 bridgehead atoms. The van der Waals surface area contributed by atoms with Gasteiger partial charge in [-0.05, 0) is 17.2 Å². The van der Waals surface area contributed by atoms with Gasteiger partial charge in [0.15, 0.2) is 17.5 Å². The topological polar surface area (TPSA) is 40.5 Å². The molecule has 0 aromatic heterocycles. The van der Waals surface area contributed by atoms with Crippen molar-refractivity contribution in [1.82, 2.24) is 0 Å². The molecule has 0 atom stereocenters. The number of hydrogen-bond donors (Lipinski definition) is 2. The fourth-order valence-electron chi connectivity index (χ4n) is 1.72. The van der Waals surface area contributed by atoms with Crippen molar-refractivity contribution < 1.29 is 23.2 Å². The smallest absolute Gasteiger partial charge is 0.423 e. The number of halogens is 3. The lowest BCUT2D eigenvalue weighted by molar-refractivity contribution is 0.415. The Balaban J connectivity index is 2.74. The first-order chi connectivity index (χ1) is 8.52. The van der Waals surface area contributed by atoms with Crippen LogP contribution in [0.15, 0.2) is 36.4 Å². The highest BCUT2D eigenvalue weighted by molar-refractivity contribution is 6.60. The largest absolute Gasteiger partial charge is 0.492 e. The summed E-state index contributed by atoms with van der Waals surface area (Å²) in [6.07, 6.45) is 0. The second-order valence-corrected chi connectivity index (χ2v) is 3.69. The summed E-state index contributed by atoms with van der Waals surface area (Å²) in [4.78, 5) is 0. The van der Waals surface area contributed by atoms with E-state index in [-0.39, 0.29) is 5.56 Å². The van der Waals surface area contributed by atoms with Crippen molar-refractivity contribution in [3.8, 4) is 11.1 Å². The second-order valence-electron chi connectivity index (χ2n) is 3.69. The first kappa shape index (κ1) is 12.7. The van der Waals surface area contributed by atoms with Crippen LogP contribution in [0.1, 0.15) is 0 Å². The van der Waals surface area contributed by atoms with Crippen LogP contribution in [0.3, 0.4) is 0 Å². The van der Waals surface area contributed by atoms with Crippen molar-refractivity contribution in [3.63, 3.8) is 0 Å². The highest BCUT2D eigenvalue weighted by Crippen LogP contribution is 2.22. The van der Waals surface area contributed by atoms with Crippen molar-refractivity contribution in [1.29, 1.82) is 0 Å². The molecule has 2 nitrogen and oxygen atoms in total. The maximum atomic E-state index is 13.5. The predicted molar refractivity (Wildman–Crippen MR) is 61.6 cm³/mol. The van der Waals surface area contributed by atoms with E-state index in [1.165, 1.54) is 12.1 Å². The summed E-state index contributed by atoms with van der Waals surface area (Å²) in [7, 11) is -2.23. The molecule has 0 spiro atoms. The summed E-state index contributed by atoms with van der Waals surface area (Å²) in [6.45, 7) is 0. The van der Waals surface area contributed by atoms with Crippen molar-refractivity contribution in [2.24, 2.45) is 0 Å². The van der Waals surface area contributed by atoms with Crippen molar-refractivity contribution >= 4 is 12.6 Å². The molecule has 0 radical (unpaired) electrons. The monoisotopic (exact) mass is 252 g/mol. The van der Waals surface area contributed by atoms with E-state index >= 15 is 0 Å². The summed E-state index contributed by atoms with van der Waals surface area (Å²) in [6, 6.07) is 8.71. The number of hydrogen-bond acceptors (Lipinski definition) is 2. The molecule has 0 fully saturated rings. The molecule has 0 aliphatic rings. The van der Waals surface area contributed by atoms with Gasteiger partial charge in [0.05, 0.1) is 0 Å². The molecule has 92 valence electrons. The first-order valence-corrected chi connectivity index (χ1v) is 5.11. The van der Waals surface area contributed by atoms with E-state index in [0.717, 1.165) is 6.07 Å². The van der Waals surface area contributed by atoms with Crippen LogP contribution >= 0.6 is 0 Å². The van der Waals surface area contributed by atoms with Gasteiger partial charge in [-0.25, -0.2) is 13.2 Å². The summed E-state index contributed by atoms with van der Waals surface area (Å²) in [5.74, 6) is -4.70. The van der Waals surface area contributed by atoms with Gasteiger partial charge in [0.25, 0.3) is 0 Å². The minimum absolute atomic E-state index is 0.0954. The summed E-state index contributed by atoms with van der Waals surface area (Å²) in [5, 5.41) is 18.2. The van der Waals surface area contributed by atoms with Crippen molar-refractivity contribution in [3.05, 3.63) is 53.8 Å². The Bertz CT molecular complexity index is 573. The second kappa shape index (κ2) is 4.84. The fourth-order valence-corrected chi connectivity index (χ4v) is 1.72. The summed E-state index contributed by atoms with van der Waals surface area (Å²) >= 11 is 0. The zero-order valence-corrected chi connectivity index (χ0v) is 9.07. The van der Waals surface area contributed by atoms with Crippen LogP contribution in [0.25, 0.3) is 11.1 Å². The summed E-state index contributed by atoms with van der Waals surface area (Å²) in [5.41, 5.74) is -0.416. The molecule has 0 heterocycles. The van der Waals surface area contributed by atoms with Crippen molar-refractivity contribution in [2.75, 3.05) is 0 Å². The minimum Gasteiger partial charge on any atom is -0.423 e. The molecule has 2 N–H and O–H groups in total. The van der Waals surface area contributed by atoms with Gasteiger partial charge in [-0.1, -0.05) is 30.3 Å². The molecule has 2 aromatic carbocycles. The predicted octanol–water partition coefficient (Wildman–Crippen LogP) is 1.45. The normalized spacial score (nSPS) is 10.5. The van der Waals surface area contributed by atoms with Gasteiger partial charge in [0, 0.05) is 5.46 Å². The average Bonchev–Trinajstić information content (AvgIpc) is 2.36. The summed E-state index contributed by atoms with van der Waals surface area (Å²) < 4.78 is 39.8. The zero-order valence-electron chi connectivity index (χ0n) is 9.07. The zero-order chi connectivity index (χ0) is 13.3. The fraction of sp³-hybridized carbons (Fsp3) is 0. The first-order valence-electron chi connectivity index (χ1n) is 5.11. The molecule has 2 rings (SSSR count). The molecule has 0 saturated carbocycles. The van der Waals surface area contributed by atoms with Crippen molar-refractivity contribution in [2.45, 2.75) is 0 Å². The minimum atomic E-state index is -2.23. The number of rotatable bonds is 2. The lowest BCUT2D eigenvalue weighted by atomic mass is 9.74. The van der Waals surface area contributed by atoms with Crippen LogP contribution in [-0.4, -0.2) is 17.2 Å². The molecule has 0 aliphatic heterocycles. The Kier molecular flexibility index (Phi) is 3.40. The quantitative estimate of drug-likeness (QED) is 0.627. The molecule has 6 heteroatoms. The van der Waals surface area contributed by atoms with E-state index in [1.807, 2.05) is 0 Å². The maximum absolute atomic E-state index is 13.5. The standard InChI is InChI=1S/C12H8BF3O2/c14-9-6-8(7-4-2-1-3-5-7)10(13(17)18)12(16)11(9)15/h1-6,17-18H. The molecule has 0 amide bonds. The Hall–Kier alpha value is -1.79. The third-order valence-corrected chi connectivity index (χ3v) is 2.54. The van der Waals surface area contributed by atoms with Gasteiger partial charge in [-0.2, -0.15) is 0 Å². The molecule has 0 aliphatic carbocycles. The Morgan fingerprint density at radius 1 is 0.889 bits per heavy atom. The highest BCUT2D eigenvalue weighted by atomic mass is 19.2. The van der Waals surface area contributed by atoms with E-state index in [1.54, 1.807) is 18.2 Å². The lowest BCUT2D eigenvalue weighted by Gasteiger charge is -2.11. The SMILES string of the molecule is OB(O)c1c(-c2ccccc2)cc(F)c(F)c1F. The van der Waals surface area contributed by atoms with Gasteiger partial charge >= 0.3 is 7.12 Å².